The molecule has 1 nitrogen and oxygen atoms in total. The van der Waals surface area contributed by atoms with Crippen LogP contribution < -0.4 is 5.32 Å². The Balaban J connectivity index is 2.30. The van der Waals surface area contributed by atoms with Crippen LogP contribution in [0, 0.1) is 11.2 Å². The number of benzene rings is 1. The van der Waals surface area contributed by atoms with Crippen molar-refractivity contribution in [3.05, 3.63) is 34.1 Å². The molecule has 2 unspecified atom stereocenters. The molecule has 1 N–H and O–H groups in total. The second-order valence-electron chi connectivity index (χ2n) is 5.50. The van der Waals surface area contributed by atoms with Crippen molar-refractivity contribution in [2.24, 2.45) is 5.41 Å². The fourth-order valence-electron chi connectivity index (χ4n) is 3.78. The largest absolute Gasteiger partial charge is 0.314 e. The fourth-order valence-corrected chi connectivity index (χ4v) is 4.11. The van der Waals surface area contributed by atoms with Gasteiger partial charge >= 0.3 is 0 Å². The second kappa shape index (κ2) is 5.92. The van der Waals surface area contributed by atoms with Crippen LogP contribution in [0.3, 0.4) is 0 Å². The van der Waals surface area contributed by atoms with Gasteiger partial charge < -0.3 is 5.32 Å². The Hall–Kier alpha value is -0.410. The van der Waals surface area contributed by atoms with Crippen molar-refractivity contribution in [1.29, 1.82) is 0 Å². The van der Waals surface area contributed by atoms with E-state index in [1.807, 2.05) is 12.1 Å². The molecular formula is C16H23BrFN. The average molecular weight is 328 g/mol. The monoisotopic (exact) mass is 327 g/mol. The van der Waals surface area contributed by atoms with Gasteiger partial charge in [-0.2, -0.15) is 0 Å². The summed E-state index contributed by atoms with van der Waals surface area (Å²) in [5.74, 6) is 0.278. The Kier molecular flexibility index (Phi) is 4.67. The van der Waals surface area contributed by atoms with Crippen molar-refractivity contribution in [3.8, 4) is 0 Å². The summed E-state index contributed by atoms with van der Waals surface area (Å²) in [5.41, 5.74) is 1.10. The van der Waals surface area contributed by atoms with E-state index in [1.165, 1.54) is 0 Å². The van der Waals surface area contributed by atoms with E-state index in [0.29, 0.717) is 12.0 Å². The molecule has 0 aromatic heterocycles. The molecule has 1 fully saturated rings. The van der Waals surface area contributed by atoms with Crippen LogP contribution in [-0.4, -0.2) is 12.6 Å². The number of nitrogens with one attached hydrogen (secondary N) is 1. The normalized spacial score (nSPS) is 25.1. The topological polar surface area (TPSA) is 12.0 Å². The number of hydrogen-bond donors (Lipinski definition) is 1. The van der Waals surface area contributed by atoms with Crippen LogP contribution in [0.25, 0.3) is 0 Å². The molecule has 2 atom stereocenters. The van der Waals surface area contributed by atoms with Crippen LogP contribution in [0.1, 0.15) is 51.5 Å². The molecule has 19 heavy (non-hydrogen) atoms. The molecule has 0 spiro atoms. The molecular weight excluding hydrogens is 305 g/mol. The van der Waals surface area contributed by atoms with E-state index >= 15 is 0 Å². The maximum Gasteiger partial charge on any atom is 0.127 e. The van der Waals surface area contributed by atoms with E-state index in [4.69, 9.17) is 0 Å². The quantitative estimate of drug-likeness (QED) is 0.814. The van der Waals surface area contributed by atoms with E-state index in [2.05, 4.69) is 42.0 Å². The van der Waals surface area contributed by atoms with Gasteiger partial charge in [0.2, 0.25) is 0 Å². The van der Waals surface area contributed by atoms with Crippen molar-refractivity contribution in [2.75, 3.05) is 6.54 Å². The lowest BCUT2D eigenvalue weighted by Crippen LogP contribution is -2.58. The van der Waals surface area contributed by atoms with Crippen molar-refractivity contribution in [1.82, 2.24) is 5.32 Å². The molecule has 0 saturated heterocycles. The third kappa shape index (κ3) is 2.47. The summed E-state index contributed by atoms with van der Waals surface area (Å²) in [6.07, 6.45) is 3.25. The van der Waals surface area contributed by atoms with Gasteiger partial charge in [-0.05, 0) is 54.8 Å². The summed E-state index contributed by atoms with van der Waals surface area (Å²) < 4.78 is 15.0. The van der Waals surface area contributed by atoms with E-state index in [0.717, 1.165) is 35.8 Å². The van der Waals surface area contributed by atoms with E-state index in [9.17, 15) is 4.39 Å². The highest BCUT2D eigenvalue weighted by molar-refractivity contribution is 9.10. The van der Waals surface area contributed by atoms with E-state index in [-0.39, 0.29) is 11.2 Å². The zero-order valence-corrected chi connectivity index (χ0v) is 13.6. The molecule has 0 aliphatic heterocycles. The maximum atomic E-state index is 14.2. The molecule has 106 valence electrons. The van der Waals surface area contributed by atoms with Gasteiger partial charge in [0.25, 0.3) is 0 Å². The molecule has 2 rings (SSSR count). The van der Waals surface area contributed by atoms with Crippen LogP contribution in [0.2, 0.25) is 0 Å². The highest BCUT2D eigenvalue weighted by Gasteiger charge is 2.53. The van der Waals surface area contributed by atoms with Gasteiger partial charge in [-0.15, -0.1) is 0 Å². The first-order valence-electron chi connectivity index (χ1n) is 7.27. The first-order valence-corrected chi connectivity index (χ1v) is 8.06. The van der Waals surface area contributed by atoms with Gasteiger partial charge in [-0.3, -0.25) is 0 Å². The highest BCUT2D eigenvalue weighted by Crippen LogP contribution is 2.57. The van der Waals surface area contributed by atoms with E-state index in [1.54, 1.807) is 6.07 Å². The molecule has 0 bridgehead atoms. The lowest BCUT2D eigenvalue weighted by Gasteiger charge is -2.56. The van der Waals surface area contributed by atoms with Gasteiger partial charge in [0.05, 0.1) is 0 Å². The molecule has 0 radical (unpaired) electrons. The molecule has 1 aromatic carbocycles. The van der Waals surface area contributed by atoms with Crippen molar-refractivity contribution in [2.45, 2.75) is 52.0 Å². The Labute approximate surface area is 124 Å². The predicted molar refractivity (Wildman–Crippen MR) is 81.9 cm³/mol. The summed E-state index contributed by atoms with van der Waals surface area (Å²) >= 11 is 3.33. The van der Waals surface area contributed by atoms with Gasteiger partial charge in [0.15, 0.2) is 0 Å². The SMILES string of the molecule is CCNC1CC(c2ccc(Br)cc2F)C1(CC)CC. The van der Waals surface area contributed by atoms with Gasteiger partial charge in [-0.25, -0.2) is 4.39 Å². The number of halogens is 2. The van der Waals surface area contributed by atoms with Crippen LogP contribution >= 0.6 is 15.9 Å². The Morgan fingerprint density at radius 3 is 2.53 bits per heavy atom. The summed E-state index contributed by atoms with van der Waals surface area (Å²) in [6.45, 7) is 7.60. The lowest BCUT2D eigenvalue weighted by atomic mass is 9.51. The van der Waals surface area contributed by atoms with Gasteiger partial charge in [-0.1, -0.05) is 42.8 Å². The summed E-state index contributed by atoms with van der Waals surface area (Å²) in [5, 5.41) is 3.57. The number of rotatable bonds is 5. The molecule has 3 heteroatoms. The molecule has 1 saturated carbocycles. The summed E-state index contributed by atoms with van der Waals surface area (Å²) in [6, 6.07) is 6.02. The van der Waals surface area contributed by atoms with Crippen LogP contribution in [-0.2, 0) is 0 Å². The summed E-state index contributed by atoms with van der Waals surface area (Å²) in [7, 11) is 0. The Morgan fingerprint density at radius 2 is 2.00 bits per heavy atom. The molecule has 1 aliphatic carbocycles. The zero-order valence-electron chi connectivity index (χ0n) is 12.0. The van der Waals surface area contributed by atoms with Gasteiger partial charge in [0, 0.05) is 10.5 Å². The molecule has 0 heterocycles. The predicted octanol–water partition coefficient (Wildman–Crippen LogP) is 4.86. The molecule has 1 aromatic rings. The average Bonchev–Trinajstić information content (AvgIpc) is 2.37. The third-order valence-electron chi connectivity index (χ3n) is 4.96. The standard InChI is InChI=1S/C16H23BrFN/c1-4-16(5-2)13(10-15(16)19-6-3)12-8-7-11(17)9-14(12)18/h7-9,13,15,19H,4-6,10H2,1-3H3. The van der Waals surface area contributed by atoms with Crippen molar-refractivity contribution in [3.63, 3.8) is 0 Å². The first-order chi connectivity index (χ1) is 9.08. The first kappa shape index (κ1) is 15.0. The van der Waals surface area contributed by atoms with Crippen LogP contribution in [0.5, 0.6) is 0 Å². The van der Waals surface area contributed by atoms with Crippen LogP contribution in [0.4, 0.5) is 4.39 Å². The summed E-state index contributed by atoms with van der Waals surface area (Å²) in [4.78, 5) is 0. The van der Waals surface area contributed by atoms with E-state index < -0.39 is 0 Å². The van der Waals surface area contributed by atoms with Crippen molar-refractivity contribution >= 4 is 15.9 Å². The van der Waals surface area contributed by atoms with Crippen molar-refractivity contribution < 1.29 is 4.39 Å². The molecule has 1 aliphatic rings. The van der Waals surface area contributed by atoms with Crippen LogP contribution in [0.15, 0.2) is 22.7 Å². The Morgan fingerprint density at radius 1 is 1.32 bits per heavy atom. The minimum atomic E-state index is -0.0689. The minimum Gasteiger partial charge on any atom is -0.314 e. The Bertz CT molecular complexity index is 442. The van der Waals surface area contributed by atoms with Gasteiger partial charge in [0.1, 0.15) is 5.82 Å². The fraction of sp³-hybridized carbons (Fsp3) is 0.625. The maximum absolute atomic E-state index is 14.2. The second-order valence-corrected chi connectivity index (χ2v) is 6.42. The highest BCUT2D eigenvalue weighted by atomic mass is 79.9. The third-order valence-corrected chi connectivity index (χ3v) is 5.46. The zero-order chi connectivity index (χ0) is 14.0. The lowest BCUT2D eigenvalue weighted by molar-refractivity contribution is 0.0192. The smallest absolute Gasteiger partial charge is 0.127 e. The number of hydrogen-bond acceptors (Lipinski definition) is 1. The minimum absolute atomic E-state index is 0.0689. The molecule has 0 amide bonds.